The fourth-order valence-corrected chi connectivity index (χ4v) is 2.87. The van der Waals surface area contributed by atoms with Crippen molar-refractivity contribution >= 4 is 11.8 Å². The van der Waals surface area contributed by atoms with E-state index in [2.05, 4.69) is 10.6 Å². The average Bonchev–Trinajstić information content (AvgIpc) is 3.00. The summed E-state index contributed by atoms with van der Waals surface area (Å²) in [5.74, 6) is 0.667. The first-order valence-electron chi connectivity index (χ1n) is 8.62. The Morgan fingerprint density at radius 2 is 1.88 bits per heavy atom. The van der Waals surface area contributed by atoms with Gasteiger partial charge in [0.25, 0.3) is 5.91 Å². The molecule has 1 aromatic rings. The monoisotopic (exact) mass is 331 g/mol. The minimum atomic E-state index is -0.393. The lowest BCUT2D eigenvalue weighted by Crippen LogP contribution is -2.34. The largest absolute Gasteiger partial charge is 0.352 e. The van der Waals surface area contributed by atoms with Crippen LogP contribution >= 0.6 is 0 Å². The van der Waals surface area contributed by atoms with E-state index >= 15 is 0 Å². The minimum absolute atomic E-state index is 0.0234. The Bertz CT molecular complexity index is 575. The molecule has 0 saturated carbocycles. The van der Waals surface area contributed by atoms with Crippen molar-refractivity contribution < 1.29 is 9.59 Å². The lowest BCUT2D eigenvalue weighted by atomic mass is 9.95. The highest BCUT2D eigenvalue weighted by molar-refractivity contribution is 5.94. The molecule has 1 aliphatic heterocycles. The van der Waals surface area contributed by atoms with Crippen molar-refractivity contribution in [3.8, 4) is 0 Å². The number of carbonyl (C=O) groups is 2. The molecule has 1 fully saturated rings. The second kappa shape index (κ2) is 7.79. The third-order valence-electron chi connectivity index (χ3n) is 4.40. The minimum Gasteiger partial charge on any atom is -0.352 e. The molecule has 1 saturated heterocycles. The maximum absolute atomic E-state index is 12.5. The van der Waals surface area contributed by atoms with Crippen molar-refractivity contribution in [1.29, 1.82) is 0 Å². The molecule has 5 heteroatoms. The van der Waals surface area contributed by atoms with Gasteiger partial charge >= 0.3 is 0 Å². The lowest BCUT2D eigenvalue weighted by Gasteiger charge is -2.18. The highest BCUT2D eigenvalue weighted by Crippen LogP contribution is 2.18. The van der Waals surface area contributed by atoms with Gasteiger partial charge in [0, 0.05) is 30.6 Å². The summed E-state index contributed by atoms with van der Waals surface area (Å²) in [7, 11) is 1.95. The van der Waals surface area contributed by atoms with Crippen LogP contribution in [0.15, 0.2) is 24.3 Å². The molecule has 0 aromatic heterocycles. The highest BCUT2D eigenvalue weighted by Gasteiger charge is 2.26. The molecule has 132 valence electrons. The van der Waals surface area contributed by atoms with Crippen LogP contribution in [0.25, 0.3) is 0 Å². The summed E-state index contributed by atoms with van der Waals surface area (Å²) in [6, 6.07) is 7.53. The Morgan fingerprint density at radius 3 is 2.46 bits per heavy atom. The van der Waals surface area contributed by atoms with Crippen LogP contribution in [0.3, 0.4) is 0 Å². The third-order valence-corrected chi connectivity index (χ3v) is 4.40. The number of rotatable bonds is 5. The molecule has 1 atom stereocenters. The van der Waals surface area contributed by atoms with Gasteiger partial charge in [0.15, 0.2) is 0 Å². The molecule has 0 radical (unpaired) electrons. The number of nitrogens with zero attached hydrogens (tertiary/aromatic N) is 1. The molecule has 0 bridgehead atoms. The molecule has 1 aliphatic rings. The van der Waals surface area contributed by atoms with Gasteiger partial charge in [-0.15, -0.1) is 0 Å². The Kier molecular flexibility index (Phi) is 5.99. The van der Waals surface area contributed by atoms with Crippen LogP contribution < -0.4 is 10.6 Å². The van der Waals surface area contributed by atoms with Gasteiger partial charge in [-0.2, -0.15) is 0 Å². The normalized spacial score (nSPS) is 17.8. The molecule has 1 unspecified atom stereocenters. The van der Waals surface area contributed by atoms with E-state index in [1.165, 1.54) is 0 Å². The number of nitrogens with one attached hydrogen (secondary N) is 2. The molecule has 0 aliphatic carbocycles. The smallest absolute Gasteiger partial charge is 0.253 e. The fourth-order valence-electron chi connectivity index (χ4n) is 2.87. The first kappa shape index (κ1) is 18.5. The summed E-state index contributed by atoms with van der Waals surface area (Å²) in [5, 5.41) is 6.10. The molecule has 2 rings (SSSR count). The van der Waals surface area contributed by atoms with Gasteiger partial charge in [-0.05, 0) is 43.6 Å². The van der Waals surface area contributed by atoms with Crippen molar-refractivity contribution in [2.75, 3.05) is 26.7 Å². The highest BCUT2D eigenvalue weighted by atomic mass is 16.2. The molecule has 2 amide bonds. The van der Waals surface area contributed by atoms with Gasteiger partial charge in [0.05, 0.1) is 0 Å². The van der Waals surface area contributed by atoms with Crippen molar-refractivity contribution in [1.82, 2.24) is 15.5 Å². The van der Waals surface area contributed by atoms with Gasteiger partial charge in [-0.25, -0.2) is 0 Å². The number of hydrogen-bond acceptors (Lipinski definition) is 3. The van der Waals surface area contributed by atoms with Crippen molar-refractivity contribution in [3.05, 3.63) is 35.4 Å². The van der Waals surface area contributed by atoms with Crippen LogP contribution in [0, 0.1) is 11.3 Å². The third kappa shape index (κ3) is 4.81. The van der Waals surface area contributed by atoms with Gasteiger partial charge < -0.3 is 15.5 Å². The maximum atomic E-state index is 12.5. The maximum Gasteiger partial charge on any atom is 0.253 e. The topological polar surface area (TPSA) is 61.4 Å². The van der Waals surface area contributed by atoms with E-state index in [0.29, 0.717) is 18.0 Å². The second-order valence-electron chi connectivity index (χ2n) is 7.59. The van der Waals surface area contributed by atoms with Crippen LogP contribution in [0.4, 0.5) is 0 Å². The molecule has 1 heterocycles. The molecular formula is C19H29N3O2. The van der Waals surface area contributed by atoms with Gasteiger partial charge in [-0.3, -0.25) is 9.59 Å². The van der Waals surface area contributed by atoms with Gasteiger partial charge in [0.2, 0.25) is 5.91 Å². The predicted octanol–water partition coefficient (Wildman–Crippen LogP) is 2.03. The van der Waals surface area contributed by atoms with E-state index in [4.69, 9.17) is 0 Å². The van der Waals surface area contributed by atoms with Crippen molar-refractivity contribution in [2.24, 2.45) is 11.3 Å². The van der Waals surface area contributed by atoms with Crippen LogP contribution in [0.2, 0.25) is 0 Å². The molecule has 0 spiro atoms. The SMILES string of the molecule is CNCC1CCN(C(=O)c2ccc(CNC(=O)C(C)(C)C)cc2)C1. The zero-order valence-electron chi connectivity index (χ0n) is 15.2. The number of amides is 2. The van der Waals surface area contributed by atoms with Crippen molar-refractivity contribution in [2.45, 2.75) is 33.7 Å². The summed E-state index contributed by atoms with van der Waals surface area (Å²) >= 11 is 0. The number of likely N-dealkylation sites (tertiary alicyclic amines) is 1. The molecule has 5 nitrogen and oxygen atoms in total. The first-order chi connectivity index (χ1) is 11.3. The number of carbonyl (C=O) groups excluding carboxylic acids is 2. The lowest BCUT2D eigenvalue weighted by molar-refractivity contribution is -0.128. The Labute approximate surface area is 144 Å². The Hall–Kier alpha value is -1.88. The van der Waals surface area contributed by atoms with E-state index in [-0.39, 0.29) is 11.8 Å². The summed E-state index contributed by atoms with van der Waals surface area (Å²) in [4.78, 5) is 26.4. The molecular weight excluding hydrogens is 302 g/mol. The summed E-state index contributed by atoms with van der Waals surface area (Å²) in [5.41, 5.74) is 1.32. The molecule has 24 heavy (non-hydrogen) atoms. The van der Waals surface area contributed by atoms with E-state index in [1.54, 1.807) is 0 Å². The fraction of sp³-hybridized carbons (Fsp3) is 0.579. The Morgan fingerprint density at radius 1 is 1.21 bits per heavy atom. The first-order valence-corrected chi connectivity index (χ1v) is 8.62. The van der Waals surface area contributed by atoms with Crippen LogP contribution in [0.5, 0.6) is 0 Å². The zero-order chi connectivity index (χ0) is 17.7. The standard InChI is InChI=1S/C19H29N3O2/c1-19(2,3)18(24)21-12-14-5-7-16(8-6-14)17(23)22-10-9-15(13-22)11-20-4/h5-8,15,20H,9-13H2,1-4H3,(H,21,24). The van der Waals surface area contributed by atoms with E-state index in [0.717, 1.165) is 31.6 Å². The predicted molar refractivity (Wildman–Crippen MR) is 95.7 cm³/mol. The number of benzene rings is 1. The van der Waals surface area contributed by atoms with E-state index in [1.807, 2.05) is 57.0 Å². The van der Waals surface area contributed by atoms with E-state index in [9.17, 15) is 9.59 Å². The van der Waals surface area contributed by atoms with Gasteiger partial charge in [-0.1, -0.05) is 32.9 Å². The van der Waals surface area contributed by atoms with Gasteiger partial charge in [0.1, 0.15) is 0 Å². The Balaban J connectivity index is 1.90. The van der Waals surface area contributed by atoms with Crippen LogP contribution in [-0.4, -0.2) is 43.4 Å². The van der Waals surface area contributed by atoms with Crippen LogP contribution in [0.1, 0.15) is 43.1 Å². The molecule has 2 N–H and O–H groups in total. The molecule has 1 aromatic carbocycles. The average molecular weight is 331 g/mol. The quantitative estimate of drug-likeness (QED) is 0.868. The van der Waals surface area contributed by atoms with Crippen molar-refractivity contribution in [3.63, 3.8) is 0 Å². The summed E-state index contributed by atoms with van der Waals surface area (Å²) in [6.07, 6.45) is 1.06. The summed E-state index contributed by atoms with van der Waals surface area (Å²) < 4.78 is 0. The number of hydrogen-bond donors (Lipinski definition) is 2. The summed E-state index contributed by atoms with van der Waals surface area (Å²) in [6.45, 7) is 8.76. The van der Waals surface area contributed by atoms with Crippen LogP contribution in [-0.2, 0) is 11.3 Å². The second-order valence-corrected chi connectivity index (χ2v) is 7.59. The van der Waals surface area contributed by atoms with E-state index < -0.39 is 5.41 Å². The zero-order valence-corrected chi connectivity index (χ0v) is 15.2.